The van der Waals surface area contributed by atoms with Crippen molar-refractivity contribution in [1.29, 1.82) is 0 Å². The van der Waals surface area contributed by atoms with Gasteiger partial charge < -0.3 is 10.2 Å². The average molecular weight is 440 g/mol. The molecule has 0 aromatic heterocycles. The van der Waals surface area contributed by atoms with Crippen molar-refractivity contribution in [2.75, 3.05) is 20.6 Å². The van der Waals surface area contributed by atoms with Crippen LogP contribution >= 0.6 is 0 Å². The molecule has 4 atom stereocenters. The maximum Gasteiger partial charge on any atom is 0.243 e. The van der Waals surface area contributed by atoms with E-state index in [0.717, 1.165) is 12.0 Å². The number of likely N-dealkylation sites (tertiary alicyclic amines) is 1. The molecule has 0 saturated carbocycles. The van der Waals surface area contributed by atoms with Crippen LogP contribution in [0.2, 0.25) is 0 Å². The molecule has 1 aromatic rings. The van der Waals surface area contributed by atoms with Crippen LogP contribution in [0.4, 0.5) is 0 Å². The van der Waals surface area contributed by atoms with Crippen LogP contribution in [0.25, 0.3) is 0 Å². The Labute approximate surface area is 192 Å². The number of allylic oxidation sites excluding steroid dienone is 2. The molecule has 6 heteroatoms. The predicted octanol–water partition coefficient (Wildman–Crippen LogP) is 3.33. The van der Waals surface area contributed by atoms with Crippen LogP contribution in [0.15, 0.2) is 36.4 Å². The standard InChI is InChI=1S/C26H37N3O3/c1-6-18-11-13-19(14-12-18)23(28(4)5)16-27-24(30)22(15-17(2)3)29-25(31)20-9-7-8-10-21(20)26(29)32/h7-8,11-14,17,20-23H,6,9-10,15-16H2,1-5H3,(H,27,30). The Balaban J connectivity index is 1.75. The van der Waals surface area contributed by atoms with Crippen LogP contribution in [-0.2, 0) is 20.8 Å². The van der Waals surface area contributed by atoms with Gasteiger partial charge in [-0.3, -0.25) is 19.3 Å². The topological polar surface area (TPSA) is 69.7 Å². The van der Waals surface area contributed by atoms with Gasteiger partial charge >= 0.3 is 0 Å². The second-order valence-electron chi connectivity index (χ2n) is 9.67. The quantitative estimate of drug-likeness (QED) is 0.473. The van der Waals surface area contributed by atoms with E-state index in [2.05, 4.69) is 41.4 Å². The largest absolute Gasteiger partial charge is 0.352 e. The zero-order valence-electron chi connectivity index (χ0n) is 20.0. The molecular weight excluding hydrogens is 402 g/mol. The Morgan fingerprint density at radius 1 is 1.06 bits per heavy atom. The number of hydrogen-bond donors (Lipinski definition) is 1. The molecule has 1 heterocycles. The smallest absolute Gasteiger partial charge is 0.243 e. The molecule has 3 rings (SSSR count). The number of nitrogens with one attached hydrogen (secondary N) is 1. The third-order valence-corrected chi connectivity index (χ3v) is 6.72. The third kappa shape index (κ3) is 5.12. The van der Waals surface area contributed by atoms with Gasteiger partial charge in [0.1, 0.15) is 6.04 Å². The number of imide groups is 1. The van der Waals surface area contributed by atoms with E-state index < -0.39 is 6.04 Å². The van der Waals surface area contributed by atoms with E-state index in [4.69, 9.17) is 0 Å². The molecule has 2 aliphatic rings. The summed E-state index contributed by atoms with van der Waals surface area (Å²) in [5, 5.41) is 3.05. The van der Waals surface area contributed by atoms with Crippen molar-refractivity contribution in [3.63, 3.8) is 0 Å². The van der Waals surface area contributed by atoms with Crippen molar-refractivity contribution in [2.45, 2.75) is 58.5 Å². The Hall–Kier alpha value is -2.47. The van der Waals surface area contributed by atoms with Crippen molar-refractivity contribution in [2.24, 2.45) is 17.8 Å². The minimum atomic E-state index is -0.758. The van der Waals surface area contributed by atoms with Gasteiger partial charge in [-0.05, 0) is 56.8 Å². The van der Waals surface area contributed by atoms with E-state index in [1.165, 1.54) is 10.5 Å². The van der Waals surface area contributed by atoms with Gasteiger partial charge in [0.05, 0.1) is 17.9 Å². The molecule has 1 fully saturated rings. The number of fused-ring (bicyclic) bond motifs is 1. The van der Waals surface area contributed by atoms with E-state index >= 15 is 0 Å². The molecule has 1 saturated heterocycles. The number of rotatable bonds is 9. The minimum absolute atomic E-state index is 0.00122. The van der Waals surface area contributed by atoms with Gasteiger partial charge in [-0.25, -0.2) is 0 Å². The third-order valence-electron chi connectivity index (χ3n) is 6.72. The molecule has 4 unspecified atom stereocenters. The number of amides is 3. The molecule has 1 N–H and O–H groups in total. The molecule has 6 nitrogen and oxygen atoms in total. The molecular formula is C26H37N3O3. The van der Waals surface area contributed by atoms with E-state index in [9.17, 15) is 14.4 Å². The van der Waals surface area contributed by atoms with Crippen molar-refractivity contribution < 1.29 is 14.4 Å². The fourth-order valence-corrected chi connectivity index (χ4v) is 4.80. The number of nitrogens with zero attached hydrogens (tertiary/aromatic N) is 2. The van der Waals surface area contributed by atoms with E-state index in [1.807, 2.05) is 40.1 Å². The average Bonchev–Trinajstić information content (AvgIpc) is 3.02. The lowest BCUT2D eigenvalue weighted by Crippen LogP contribution is -2.51. The van der Waals surface area contributed by atoms with E-state index in [0.29, 0.717) is 25.8 Å². The maximum atomic E-state index is 13.3. The van der Waals surface area contributed by atoms with Crippen LogP contribution in [-0.4, -0.2) is 54.2 Å². The lowest BCUT2D eigenvalue weighted by Gasteiger charge is -2.30. The summed E-state index contributed by atoms with van der Waals surface area (Å²) in [6, 6.07) is 7.69. The van der Waals surface area contributed by atoms with Gasteiger partial charge in [-0.1, -0.05) is 57.2 Å². The molecule has 0 radical (unpaired) electrons. The first-order valence-corrected chi connectivity index (χ1v) is 11.8. The first-order chi connectivity index (χ1) is 15.2. The summed E-state index contributed by atoms with van der Waals surface area (Å²) in [6.07, 6.45) is 6.55. The number of aryl methyl sites for hydroxylation is 1. The number of benzene rings is 1. The molecule has 0 bridgehead atoms. The molecule has 3 amide bonds. The Morgan fingerprint density at radius 2 is 1.62 bits per heavy atom. The van der Waals surface area contributed by atoms with Gasteiger partial charge in [0.25, 0.3) is 0 Å². The highest BCUT2D eigenvalue weighted by atomic mass is 16.2. The van der Waals surface area contributed by atoms with Crippen molar-refractivity contribution in [3.05, 3.63) is 47.5 Å². The van der Waals surface area contributed by atoms with Crippen LogP contribution in [0.1, 0.15) is 57.2 Å². The summed E-state index contributed by atoms with van der Waals surface area (Å²) < 4.78 is 0. The first-order valence-electron chi connectivity index (χ1n) is 11.8. The van der Waals surface area contributed by atoms with Crippen molar-refractivity contribution in [1.82, 2.24) is 15.1 Å². The van der Waals surface area contributed by atoms with Crippen LogP contribution in [0.3, 0.4) is 0 Å². The second-order valence-corrected chi connectivity index (χ2v) is 9.67. The number of hydrogen-bond acceptors (Lipinski definition) is 4. The highest BCUT2D eigenvalue weighted by molar-refractivity contribution is 6.08. The Morgan fingerprint density at radius 3 is 2.09 bits per heavy atom. The first kappa shape index (κ1) is 24.2. The van der Waals surface area contributed by atoms with E-state index in [1.54, 1.807) is 0 Å². The molecule has 0 spiro atoms. The molecule has 32 heavy (non-hydrogen) atoms. The van der Waals surface area contributed by atoms with Gasteiger partial charge in [-0.2, -0.15) is 0 Å². The highest BCUT2D eigenvalue weighted by Gasteiger charge is 2.51. The monoisotopic (exact) mass is 439 g/mol. The molecule has 1 aliphatic carbocycles. The minimum Gasteiger partial charge on any atom is -0.352 e. The van der Waals surface area contributed by atoms with Crippen LogP contribution in [0.5, 0.6) is 0 Å². The van der Waals surface area contributed by atoms with Crippen molar-refractivity contribution in [3.8, 4) is 0 Å². The molecule has 174 valence electrons. The summed E-state index contributed by atoms with van der Waals surface area (Å²) in [7, 11) is 3.97. The Bertz CT molecular complexity index is 834. The Kier molecular flexibility index (Phi) is 7.88. The lowest BCUT2D eigenvalue weighted by atomic mass is 9.85. The summed E-state index contributed by atoms with van der Waals surface area (Å²) in [5.74, 6) is -1.08. The van der Waals surface area contributed by atoms with Gasteiger partial charge in [0.2, 0.25) is 17.7 Å². The van der Waals surface area contributed by atoms with Crippen LogP contribution in [0, 0.1) is 17.8 Å². The molecule has 1 aromatic carbocycles. The normalized spacial score (nSPS) is 22.4. The maximum absolute atomic E-state index is 13.3. The van der Waals surface area contributed by atoms with Gasteiger partial charge in [0.15, 0.2) is 0 Å². The van der Waals surface area contributed by atoms with E-state index in [-0.39, 0.29) is 41.5 Å². The van der Waals surface area contributed by atoms with Gasteiger partial charge in [0, 0.05) is 6.54 Å². The lowest BCUT2D eigenvalue weighted by molar-refractivity contribution is -0.148. The zero-order valence-corrected chi connectivity index (χ0v) is 20.0. The highest BCUT2D eigenvalue weighted by Crippen LogP contribution is 2.37. The number of carbonyl (C=O) groups excluding carboxylic acids is 3. The number of carbonyl (C=O) groups is 3. The SMILES string of the molecule is CCc1ccc(C(CNC(=O)C(CC(C)C)N2C(=O)C3CC=CCC3C2=O)N(C)C)cc1. The zero-order chi connectivity index (χ0) is 23.4. The summed E-state index contributed by atoms with van der Waals surface area (Å²) in [6.45, 7) is 6.56. The predicted molar refractivity (Wildman–Crippen MR) is 126 cm³/mol. The van der Waals surface area contributed by atoms with Gasteiger partial charge in [-0.15, -0.1) is 0 Å². The number of likely N-dealkylation sites (N-methyl/N-ethyl adjacent to an activating group) is 1. The fourth-order valence-electron chi connectivity index (χ4n) is 4.80. The fraction of sp³-hybridized carbons (Fsp3) is 0.577. The second kappa shape index (κ2) is 10.4. The van der Waals surface area contributed by atoms with Crippen molar-refractivity contribution >= 4 is 17.7 Å². The van der Waals surface area contributed by atoms with Crippen LogP contribution < -0.4 is 5.32 Å². The summed E-state index contributed by atoms with van der Waals surface area (Å²) in [5.41, 5.74) is 2.40. The summed E-state index contributed by atoms with van der Waals surface area (Å²) in [4.78, 5) is 42.9. The molecule has 1 aliphatic heterocycles. The summed E-state index contributed by atoms with van der Waals surface area (Å²) >= 11 is 0.